The molecule has 0 aliphatic heterocycles. The lowest BCUT2D eigenvalue weighted by Crippen LogP contribution is -2.26. The van der Waals surface area contributed by atoms with Crippen molar-refractivity contribution >= 4 is 33.8 Å². The van der Waals surface area contributed by atoms with Crippen LogP contribution in [0, 0.1) is 6.92 Å². The first-order valence-electron chi connectivity index (χ1n) is 6.56. The van der Waals surface area contributed by atoms with Crippen LogP contribution in [0.15, 0.2) is 23.6 Å². The van der Waals surface area contributed by atoms with Crippen LogP contribution in [-0.4, -0.2) is 27.6 Å². The minimum Gasteiger partial charge on any atom is -0.399 e. The first-order chi connectivity index (χ1) is 10.1. The van der Waals surface area contributed by atoms with Crippen molar-refractivity contribution in [3.05, 3.63) is 40.0 Å². The van der Waals surface area contributed by atoms with E-state index in [0.717, 1.165) is 28.0 Å². The molecule has 0 unspecified atom stereocenters. The summed E-state index contributed by atoms with van der Waals surface area (Å²) in [4.78, 5) is 16.5. The lowest BCUT2D eigenvalue weighted by atomic mass is 10.2. The third-order valence-electron chi connectivity index (χ3n) is 3.09. The molecule has 0 saturated carbocycles. The van der Waals surface area contributed by atoms with Crippen LogP contribution >= 0.6 is 11.3 Å². The van der Waals surface area contributed by atoms with Crippen LogP contribution < -0.4 is 11.1 Å². The third kappa shape index (κ3) is 2.87. The first-order valence-corrected chi connectivity index (χ1v) is 7.44. The molecular weight excluding hydrogens is 286 g/mol. The number of carbonyl (C=O) groups excluding carboxylic acids is 1. The Balaban J connectivity index is 1.68. The van der Waals surface area contributed by atoms with Gasteiger partial charge in [-0.3, -0.25) is 9.89 Å². The maximum Gasteiger partial charge on any atom is 0.272 e. The lowest BCUT2D eigenvalue weighted by Gasteiger charge is -2.02. The van der Waals surface area contributed by atoms with Crippen LogP contribution in [0.1, 0.15) is 21.2 Å². The number of nitrogens with zero attached hydrogens (tertiary/aromatic N) is 2. The number of aryl methyl sites for hydroxylation is 1. The molecular formula is C14H15N5OS. The fraction of sp³-hybridized carbons (Fsp3) is 0.214. The minimum absolute atomic E-state index is 0.208. The Labute approximate surface area is 125 Å². The van der Waals surface area contributed by atoms with Crippen molar-refractivity contribution in [2.45, 2.75) is 13.3 Å². The number of aromatic nitrogens is 3. The number of amides is 1. The minimum atomic E-state index is -0.208. The molecule has 3 rings (SSSR count). The highest BCUT2D eigenvalue weighted by molar-refractivity contribution is 7.09. The smallest absolute Gasteiger partial charge is 0.272 e. The molecule has 0 radical (unpaired) electrons. The number of H-pyrrole nitrogens is 1. The van der Waals surface area contributed by atoms with E-state index in [1.165, 1.54) is 0 Å². The van der Waals surface area contributed by atoms with E-state index >= 15 is 0 Å². The number of hydrogen-bond donors (Lipinski definition) is 3. The molecule has 108 valence electrons. The molecule has 1 aromatic carbocycles. The van der Waals surface area contributed by atoms with Gasteiger partial charge in [-0.2, -0.15) is 5.10 Å². The first kappa shape index (κ1) is 13.6. The zero-order chi connectivity index (χ0) is 14.8. The molecule has 0 saturated heterocycles. The average molecular weight is 301 g/mol. The van der Waals surface area contributed by atoms with Crippen LogP contribution in [0.4, 0.5) is 5.69 Å². The standard InChI is InChI=1S/C14H15N5OS/c1-8-7-21-12(17-8)4-5-16-14(20)13-10-6-9(15)2-3-11(10)18-19-13/h2-3,6-7H,4-5,15H2,1H3,(H,16,20)(H,18,19). The van der Waals surface area contributed by atoms with Gasteiger partial charge in [-0.25, -0.2) is 4.98 Å². The van der Waals surface area contributed by atoms with E-state index < -0.39 is 0 Å². The number of thiazole rings is 1. The summed E-state index contributed by atoms with van der Waals surface area (Å²) in [5.41, 5.74) is 8.53. The summed E-state index contributed by atoms with van der Waals surface area (Å²) in [7, 11) is 0. The van der Waals surface area contributed by atoms with E-state index in [1.54, 1.807) is 23.5 Å². The molecule has 21 heavy (non-hydrogen) atoms. The Kier molecular flexibility index (Phi) is 3.57. The van der Waals surface area contributed by atoms with Gasteiger partial charge in [-0.05, 0) is 25.1 Å². The number of benzene rings is 1. The number of fused-ring (bicyclic) bond motifs is 1. The second-order valence-corrected chi connectivity index (χ2v) is 5.71. The lowest BCUT2D eigenvalue weighted by molar-refractivity contribution is 0.0951. The zero-order valence-corrected chi connectivity index (χ0v) is 12.3. The van der Waals surface area contributed by atoms with Crippen LogP contribution in [-0.2, 0) is 6.42 Å². The Morgan fingerprint density at radius 1 is 1.48 bits per heavy atom. The highest BCUT2D eigenvalue weighted by Gasteiger charge is 2.14. The normalized spacial score (nSPS) is 10.9. The predicted octanol–water partition coefficient (Wildman–Crippen LogP) is 1.88. The van der Waals surface area contributed by atoms with Gasteiger partial charge in [0.15, 0.2) is 5.69 Å². The van der Waals surface area contributed by atoms with Gasteiger partial charge in [0.25, 0.3) is 5.91 Å². The number of hydrogen-bond acceptors (Lipinski definition) is 5. The fourth-order valence-corrected chi connectivity index (χ4v) is 2.86. The van der Waals surface area contributed by atoms with Crippen LogP contribution in [0.2, 0.25) is 0 Å². The Morgan fingerprint density at radius 2 is 2.33 bits per heavy atom. The summed E-state index contributed by atoms with van der Waals surface area (Å²) in [6, 6.07) is 5.33. The summed E-state index contributed by atoms with van der Waals surface area (Å²) in [6.45, 7) is 2.49. The molecule has 0 aliphatic carbocycles. The van der Waals surface area contributed by atoms with Crippen molar-refractivity contribution in [2.24, 2.45) is 0 Å². The summed E-state index contributed by atoms with van der Waals surface area (Å²) in [5, 5.41) is 13.5. The summed E-state index contributed by atoms with van der Waals surface area (Å²) in [5.74, 6) is -0.208. The van der Waals surface area contributed by atoms with Crippen molar-refractivity contribution in [1.82, 2.24) is 20.5 Å². The molecule has 2 heterocycles. The maximum absolute atomic E-state index is 12.2. The molecule has 6 nitrogen and oxygen atoms in total. The second-order valence-electron chi connectivity index (χ2n) is 4.77. The largest absolute Gasteiger partial charge is 0.399 e. The number of nitrogens with one attached hydrogen (secondary N) is 2. The van der Waals surface area contributed by atoms with Crippen molar-refractivity contribution in [3.8, 4) is 0 Å². The van der Waals surface area contributed by atoms with Crippen LogP contribution in [0.5, 0.6) is 0 Å². The number of carbonyl (C=O) groups is 1. The highest BCUT2D eigenvalue weighted by Crippen LogP contribution is 2.18. The number of aromatic amines is 1. The average Bonchev–Trinajstić information content (AvgIpc) is 3.04. The number of nitrogens with two attached hydrogens (primary N) is 1. The summed E-state index contributed by atoms with van der Waals surface area (Å²) in [6.07, 6.45) is 0.717. The van der Waals surface area contributed by atoms with Crippen molar-refractivity contribution in [3.63, 3.8) is 0 Å². The van der Waals surface area contributed by atoms with E-state index in [0.29, 0.717) is 17.9 Å². The molecule has 0 fully saturated rings. The fourth-order valence-electron chi connectivity index (χ4n) is 2.09. The molecule has 2 aromatic heterocycles. The Morgan fingerprint density at radius 3 is 3.10 bits per heavy atom. The molecule has 4 N–H and O–H groups in total. The monoisotopic (exact) mass is 301 g/mol. The van der Waals surface area contributed by atoms with Gasteiger partial charge in [0.2, 0.25) is 0 Å². The number of anilines is 1. The van der Waals surface area contributed by atoms with E-state index in [4.69, 9.17) is 5.73 Å². The molecule has 3 aromatic rings. The van der Waals surface area contributed by atoms with E-state index in [-0.39, 0.29) is 5.91 Å². The summed E-state index contributed by atoms with van der Waals surface area (Å²) < 4.78 is 0. The van der Waals surface area contributed by atoms with Crippen LogP contribution in [0.25, 0.3) is 10.9 Å². The van der Waals surface area contributed by atoms with Crippen molar-refractivity contribution < 1.29 is 4.79 Å². The van der Waals surface area contributed by atoms with Gasteiger partial charge in [-0.15, -0.1) is 11.3 Å². The number of rotatable bonds is 4. The topological polar surface area (TPSA) is 96.7 Å². The molecule has 0 bridgehead atoms. The molecule has 0 aliphatic rings. The van der Waals surface area contributed by atoms with Crippen LogP contribution in [0.3, 0.4) is 0 Å². The van der Waals surface area contributed by atoms with Gasteiger partial charge in [0.05, 0.1) is 10.5 Å². The van der Waals surface area contributed by atoms with Gasteiger partial charge < -0.3 is 11.1 Å². The van der Waals surface area contributed by atoms with Gasteiger partial charge in [0.1, 0.15) is 0 Å². The van der Waals surface area contributed by atoms with E-state index in [2.05, 4.69) is 20.5 Å². The summed E-state index contributed by atoms with van der Waals surface area (Å²) >= 11 is 1.60. The van der Waals surface area contributed by atoms with Gasteiger partial charge >= 0.3 is 0 Å². The van der Waals surface area contributed by atoms with Gasteiger partial charge in [0, 0.05) is 35.1 Å². The highest BCUT2D eigenvalue weighted by atomic mass is 32.1. The molecule has 7 heteroatoms. The Bertz CT molecular complexity index is 792. The number of nitrogen functional groups attached to an aromatic ring is 1. The van der Waals surface area contributed by atoms with Gasteiger partial charge in [-0.1, -0.05) is 0 Å². The quantitative estimate of drug-likeness (QED) is 0.641. The SMILES string of the molecule is Cc1csc(CCNC(=O)c2n[nH]c3ccc(N)cc23)n1. The predicted molar refractivity (Wildman–Crippen MR) is 83.4 cm³/mol. The van der Waals surface area contributed by atoms with E-state index in [1.807, 2.05) is 18.4 Å². The van der Waals surface area contributed by atoms with E-state index in [9.17, 15) is 4.79 Å². The maximum atomic E-state index is 12.2. The van der Waals surface area contributed by atoms with Crippen molar-refractivity contribution in [2.75, 3.05) is 12.3 Å². The zero-order valence-electron chi connectivity index (χ0n) is 11.5. The van der Waals surface area contributed by atoms with Crippen molar-refractivity contribution in [1.29, 1.82) is 0 Å². The second kappa shape index (κ2) is 5.53. The molecule has 0 atom stereocenters. The Hall–Kier alpha value is -2.41. The third-order valence-corrected chi connectivity index (χ3v) is 4.12. The molecule has 1 amide bonds. The molecule has 0 spiro atoms.